The Hall–Kier alpha value is -2.15. The fourth-order valence-electron chi connectivity index (χ4n) is 1.41. The lowest BCUT2D eigenvalue weighted by molar-refractivity contribution is -0.385. The van der Waals surface area contributed by atoms with Crippen LogP contribution in [0.5, 0.6) is 5.75 Å². The number of nitro benzene ring substituents is 1. The molecule has 0 bridgehead atoms. The second-order valence-corrected chi connectivity index (χ2v) is 3.63. The number of benzene rings is 1. The van der Waals surface area contributed by atoms with E-state index in [1.165, 1.54) is 19.2 Å². The van der Waals surface area contributed by atoms with Crippen LogP contribution in [-0.4, -0.2) is 38.3 Å². The molecule has 0 saturated carbocycles. The molecule has 1 aromatic carbocycles. The van der Waals surface area contributed by atoms with Gasteiger partial charge < -0.3 is 14.2 Å². The number of hydrogen-bond donors (Lipinski definition) is 0. The van der Waals surface area contributed by atoms with E-state index in [-0.39, 0.29) is 23.6 Å². The summed E-state index contributed by atoms with van der Waals surface area (Å²) in [6.45, 7) is 0.683. The molecule has 0 atom stereocenters. The highest BCUT2D eigenvalue weighted by molar-refractivity contribution is 5.90. The van der Waals surface area contributed by atoms with Crippen LogP contribution in [0.3, 0.4) is 0 Å². The quantitative estimate of drug-likeness (QED) is 0.324. The molecule has 0 fully saturated rings. The number of nitro groups is 1. The van der Waals surface area contributed by atoms with Gasteiger partial charge in [-0.3, -0.25) is 10.1 Å². The summed E-state index contributed by atoms with van der Waals surface area (Å²) in [5.41, 5.74) is -0.154. The Kier molecular flexibility index (Phi) is 5.74. The first-order chi connectivity index (χ1) is 9.10. The molecule has 104 valence electrons. The van der Waals surface area contributed by atoms with Crippen molar-refractivity contribution >= 4 is 11.7 Å². The molecule has 1 rings (SSSR count). The highest BCUT2D eigenvalue weighted by Gasteiger charge is 2.18. The van der Waals surface area contributed by atoms with E-state index < -0.39 is 10.9 Å². The molecule has 0 amide bonds. The van der Waals surface area contributed by atoms with E-state index in [9.17, 15) is 14.9 Å². The summed E-state index contributed by atoms with van der Waals surface area (Å²) >= 11 is 0. The highest BCUT2D eigenvalue weighted by Crippen LogP contribution is 2.27. The molecule has 0 spiro atoms. The number of nitrogens with zero attached hydrogens (tertiary/aromatic N) is 1. The molecular formula is C12H15NO6. The fraction of sp³-hybridized carbons (Fsp3) is 0.417. The van der Waals surface area contributed by atoms with E-state index in [2.05, 4.69) is 0 Å². The first kappa shape index (κ1) is 14.9. The Morgan fingerprint density at radius 1 is 1.32 bits per heavy atom. The van der Waals surface area contributed by atoms with Crippen molar-refractivity contribution in [2.45, 2.75) is 6.42 Å². The molecule has 0 unspecified atom stereocenters. The van der Waals surface area contributed by atoms with Gasteiger partial charge in [-0.2, -0.15) is 0 Å². The Balaban J connectivity index is 2.75. The lowest BCUT2D eigenvalue weighted by atomic mass is 10.2. The zero-order chi connectivity index (χ0) is 14.3. The summed E-state index contributed by atoms with van der Waals surface area (Å²) in [4.78, 5) is 21.9. The Morgan fingerprint density at radius 2 is 2.05 bits per heavy atom. The predicted molar refractivity (Wildman–Crippen MR) is 66.4 cm³/mol. The van der Waals surface area contributed by atoms with Crippen molar-refractivity contribution in [3.8, 4) is 5.75 Å². The van der Waals surface area contributed by atoms with Crippen LogP contribution in [-0.2, 0) is 9.47 Å². The largest absolute Gasteiger partial charge is 0.490 e. The highest BCUT2D eigenvalue weighted by atomic mass is 16.6. The SMILES string of the molecule is COCCCOC(=O)c1ccc(OC)c([N+](=O)[O-])c1. The van der Waals surface area contributed by atoms with Crippen LogP contribution in [0.25, 0.3) is 0 Å². The smallest absolute Gasteiger partial charge is 0.338 e. The van der Waals surface area contributed by atoms with E-state index in [1.54, 1.807) is 7.11 Å². The van der Waals surface area contributed by atoms with Crippen molar-refractivity contribution in [3.05, 3.63) is 33.9 Å². The maximum atomic E-state index is 11.7. The molecule has 0 aliphatic carbocycles. The summed E-state index contributed by atoms with van der Waals surface area (Å²) in [5.74, 6) is -0.511. The summed E-state index contributed by atoms with van der Waals surface area (Å²) < 4.78 is 14.6. The minimum absolute atomic E-state index is 0.0981. The molecule has 0 aliphatic heterocycles. The normalized spacial score (nSPS) is 10.0. The van der Waals surface area contributed by atoms with Crippen molar-refractivity contribution in [3.63, 3.8) is 0 Å². The van der Waals surface area contributed by atoms with Gasteiger partial charge in [0.15, 0.2) is 5.75 Å². The van der Waals surface area contributed by atoms with Gasteiger partial charge in [0.05, 0.1) is 24.2 Å². The minimum atomic E-state index is -0.611. The number of hydrogen-bond acceptors (Lipinski definition) is 6. The van der Waals surface area contributed by atoms with Crippen LogP contribution in [0.4, 0.5) is 5.69 Å². The van der Waals surface area contributed by atoms with Crippen molar-refractivity contribution in [1.29, 1.82) is 0 Å². The molecule has 0 radical (unpaired) electrons. The molecule has 7 nitrogen and oxygen atoms in total. The molecule has 0 saturated heterocycles. The zero-order valence-electron chi connectivity index (χ0n) is 10.8. The van der Waals surface area contributed by atoms with Gasteiger partial charge in [-0.1, -0.05) is 0 Å². The van der Waals surface area contributed by atoms with Gasteiger partial charge in [0, 0.05) is 26.2 Å². The van der Waals surface area contributed by atoms with Gasteiger partial charge in [-0.15, -0.1) is 0 Å². The van der Waals surface area contributed by atoms with Gasteiger partial charge in [0.25, 0.3) is 0 Å². The molecule has 7 heteroatoms. The third-order valence-electron chi connectivity index (χ3n) is 2.34. The summed E-state index contributed by atoms with van der Waals surface area (Å²) in [6.07, 6.45) is 0.570. The lowest BCUT2D eigenvalue weighted by Gasteiger charge is -2.06. The van der Waals surface area contributed by atoms with Crippen LogP contribution >= 0.6 is 0 Å². The first-order valence-electron chi connectivity index (χ1n) is 5.58. The van der Waals surface area contributed by atoms with Crippen molar-refractivity contribution in [2.75, 3.05) is 27.4 Å². The van der Waals surface area contributed by atoms with Gasteiger partial charge >= 0.3 is 11.7 Å². The average molecular weight is 269 g/mol. The standard InChI is InChI=1S/C12H15NO6/c1-17-6-3-7-19-12(14)9-4-5-11(18-2)10(8-9)13(15)16/h4-5,8H,3,6-7H2,1-2H3. The number of ether oxygens (including phenoxy) is 3. The zero-order valence-corrected chi connectivity index (χ0v) is 10.8. The third-order valence-corrected chi connectivity index (χ3v) is 2.34. The number of esters is 1. The topological polar surface area (TPSA) is 87.9 Å². The second kappa shape index (κ2) is 7.32. The molecule has 0 N–H and O–H groups in total. The minimum Gasteiger partial charge on any atom is -0.490 e. The maximum Gasteiger partial charge on any atom is 0.338 e. The average Bonchev–Trinajstić information content (AvgIpc) is 2.42. The predicted octanol–water partition coefficient (Wildman–Crippen LogP) is 1.80. The number of carbonyl (C=O) groups is 1. The van der Waals surface area contributed by atoms with Crippen molar-refractivity contribution in [1.82, 2.24) is 0 Å². The Bertz CT molecular complexity index is 460. The molecule has 0 heterocycles. The van der Waals surface area contributed by atoms with Crippen molar-refractivity contribution < 1.29 is 23.9 Å². The van der Waals surface area contributed by atoms with E-state index in [4.69, 9.17) is 14.2 Å². The van der Waals surface area contributed by atoms with E-state index >= 15 is 0 Å². The van der Waals surface area contributed by atoms with Crippen LogP contribution in [0.1, 0.15) is 16.8 Å². The number of carbonyl (C=O) groups excluding carboxylic acids is 1. The summed E-state index contributed by atoms with van der Waals surface area (Å²) in [5, 5.41) is 10.8. The molecular weight excluding hydrogens is 254 g/mol. The van der Waals surface area contributed by atoms with Crippen molar-refractivity contribution in [2.24, 2.45) is 0 Å². The van der Waals surface area contributed by atoms with E-state index in [0.29, 0.717) is 13.0 Å². The number of methoxy groups -OCH3 is 2. The first-order valence-corrected chi connectivity index (χ1v) is 5.58. The van der Waals surface area contributed by atoms with Crippen LogP contribution < -0.4 is 4.74 Å². The van der Waals surface area contributed by atoms with Gasteiger partial charge in [0.1, 0.15) is 0 Å². The van der Waals surface area contributed by atoms with E-state index in [1.807, 2.05) is 0 Å². The third kappa shape index (κ3) is 4.22. The maximum absolute atomic E-state index is 11.7. The monoisotopic (exact) mass is 269 g/mol. The van der Waals surface area contributed by atoms with Gasteiger partial charge in [-0.05, 0) is 12.1 Å². The second-order valence-electron chi connectivity index (χ2n) is 3.63. The molecule has 19 heavy (non-hydrogen) atoms. The Morgan fingerprint density at radius 3 is 2.63 bits per heavy atom. The fourth-order valence-corrected chi connectivity index (χ4v) is 1.41. The summed E-state index contributed by atoms with van der Waals surface area (Å²) in [7, 11) is 2.87. The van der Waals surface area contributed by atoms with Crippen LogP contribution in [0, 0.1) is 10.1 Å². The van der Waals surface area contributed by atoms with Crippen LogP contribution in [0.2, 0.25) is 0 Å². The lowest BCUT2D eigenvalue weighted by Crippen LogP contribution is -2.08. The molecule has 1 aromatic rings. The Labute approximate surface area is 110 Å². The molecule has 0 aliphatic rings. The van der Waals surface area contributed by atoms with Gasteiger partial charge in [-0.25, -0.2) is 4.79 Å². The number of rotatable bonds is 7. The van der Waals surface area contributed by atoms with Crippen LogP contribution in [0.15, 0.2) is 18.2 Å². The van der Waals surface area contributed by atoms with E-state index in [0.717, 1.165) is 6.07 Å². The molecule has 0 aromatic heterocycles. The van der Waals surface area contributed by atoms with Gasteiger partial charge in [0.2, 0.25) is 0 Å². The summed E-state index contributed by atoms with van der Waals surface area (Å²) in [6, 6.07) is 3.92.